The van der Waals surface area contributed by atoms with Crippen LogP contribution in [0.3, 0.4) is 0 Å². The molecule has 0 fully saturated rings. The van der Waals surface area contributed by atoms with Crippen LogP contribution in [-0.2, 0) is 4.79 Å². The molecule has 3 nitrogen and oxygen atoms in total. The maximum atomic E-state index is 13.3. The normalized spacial score (nSPS) is 13.1. The molecule has 0 bridgehead atoms. The number of hydrogen-bond acceptors (Lipinski definition) is 2. The second-order valence-corrected chi connectivity index (χ2v) is 4.54. The minimum Gasteiger partial charge on any atom is -0.480 e. The Morgan fingerprint density at radius 3 is 2.63 bits per heavy atom. The fourth-order valence-corrected chi connectivity index (χ4v) is 1.63. The van der Waals surface area contributed by atoms with Crippen molar-refractivity contribution >= 4 is 12.0 Å². The van der Waals surface area contributed by atoms with Gasteiger partial charge in [0.25, 0.3) is 0 Å². The third-order valence-electron chi connectivity index (χ3n) is 2.65. The van der Waals surface area contributed by atoms with Gasteiger partial charge in [-0.05, 0) is 18.1 Å². The van der Waals surface area contributed by atoms with Crippen molar-refractivity contribution in [3.8, 4) is 0 Å². The van der Waals surface area contributed by atoms with E-state index in [4.69, 9.17) is 5.11 Å². The van der Waals surface area contributed by atoms with Crippen molar-refractivity contribution in [1.82, 2.24) is 5.32 Å². The number of carbonyl (C=O) groups is 1. The van der Waals surface area contributed by atoms with Crippen molar-refractivity contribution in [3.63, 3.8) is 0 Å². The molecule has 1 atom stereocenters. The molecule has 0 saturated carbocycles. The summed E-state index contributed by atoms with van der Waals surface area (Å²) < 4.78 is 26.0. The van der Waals surface area contributed by atoms with E-state index in [2.05, 4.69) is 5.32 Å². The predicted octanol–water partition coefficient (Wildman–Crippen LogP) is 2.68. The molecule has 0 aliphatic heterocycles. The topological polar surface area (TPSA) is 49.3 Å². The second-order valence-electron chi connectivity index (χ2n) is 4.54. The number of hydrogen-bond donors (Lipinski definition) is 2. The summed E-state index contributed by atoms with van der Waals surface area (Å²) in [7, 11) is 0. The summed E-state index contributed by atoms with van der Waals surface area (Å²) in [6.45, 7) is 3.90. The third kappa shape index (κ3) is 4.79. The predicted molar refractivity (Wildman–Crippen MR) is 69.7 cm³/mol. The van der Waals surface area contributed by atoms with Gasteiger partial charge in [-0.2, -0.15) is 0 Å². The van der Waals surface area contributed by atoms with E-state index in [9.17, 15) is 13.6 Å². The van der Waals surface area contributed by atoms with Crippen LogP contribution in [0.15, 0.2) is 24.3 Å². The van der Waals surface area contributed by atoms with E-state index in [0.717, 1.165) is 6.07 Å². The number of rotatable bonds is 6. The highest BCUT2D eigenvalue weighted by Gasteiger charge is 2.19. The van der Waals surface area contributed by atoms with Gasteiger partial charge in [0.1, 0.15) is 17.7 Å². The fourth-order valence-electron chi connectivity index (χ4n) is 1.63. The Kier molecular flexibility index (Phi) is 5.63. The molecule has 2 N–H and O–H groups in total. The molecule has 0 saturated heterocycles. The van der Waals surface area contributed by atoms with Crippen LogP contribution in [-0.4, -0.2) is 23.7 Å². The zero-order valence-corrected chi connectivity index (χ0v) is 10.9. The highest BCUT2D eigenvalue weighted by Crippen LogP contribution is 2.11. The van der Waals surface area contributed by atoms with Gasteiger partial charge in [-0.15, -0.1) is 0 Å². The van der Waals surface area contributed by atoms with Gasteiger partial charge in [0.15, 0.2) is 0 Å². The summed E-state index contributed by atoms with van der Waals surface area (Å²) in [5, 5.41) is 11.8. The van der Waals surface area contributed by atoms with Crippen LogP contribution in [0.5, 0.6) is 0 Å². The minimum atomic E-state index is -0.920. The van der Waals surface area contributed by atoms with Gasteiger partial charge in [-0.25, -0.2) is 8.78 Å². The Morgan fingerprint density at radius 2 is 2.11 bits per heavy atom. The van der Waals surface area contributed by atoms with Crippen LogP contribution in [0.25, 0.3) is 6.08 Å². The molecule has 0 amide bonds. The molecule has 5 heteroatoms. The van der Waals surface area contributed by atoms with Crippen molar-refractivity contribution in [1.29, 1.82) is 0 Å². The van der Waals surface area contributed by atoms with E-state index in [0.29, 0.717) is 6.54 Å². The summed E-state index contributed by atoms with van der Waals surface area (Å²) in [4.78, 5) is 10.9. The molecular weight excluding hydrogens is 252 g/mol. The molecule has 19 heavy (non-hydrogen) atoms. The lowest BCUT2D eigenvalue weighted by molar-refractivity contribution is -0.140. The molecule has 1 aromatic rings. The Morgan fingerprint density at radius 1 is 1.42 bits per heavy atom. The van der Waals surface area contributed by atoms with Crippen LogP contribution in [0.1, 0.15) is 19.4 Å². The lowest BCUT2D eigenvalue weighted by atomic mass is 10.1. The molecule has 0 unspecified atom stereocenters. The van der Waals surface area contributed by atoms with Crippen LogP contribution in [0, 0.1) is 17.6 Å². The van der Waals surface area contributed by atoms with Crippen molar-refractivity contribution in [2.45, 2.75) is 19.9 Å². The number of carboxylic acid groups (broad SMARTS) is 1. The van der Waals surface area contributed by atoms with Crippen LogP contribution in [0.2, 0.25) is 0 Å². The van der Waals surface area contributed by atoms with E-state index in [1.54, 1.807) is 19.9 Å². The monoisotopic (exact) mass is 269 g/mol. The molecule has 1 rings (SSSR count). The summed E-state index contributed by atoms with van der Waals surface area (Å²) in [6, 6.07) is 2.66. The van der Waals surface area contributed by atoms with E-state index in [1.807, 2.05) is 0 Å². The fraction of sp³-hybridized carbons (Fsp3) is 0.357. The highest BCUT2D eigenvalue weighted by molar-refractivity contribution is 5.73. The standard InChI is InChI=1S/C14H17F2NO2/c1-9(2)13(14(18)19)17-7-3-4-10-5-6-11(15)8-12(10)16/h3-6,8-9,13,17H,7H2,1-2H3,(H,18,19)/b4-3+/t13-/m1/s1. The first-order valence-electron chi connectivity index (χ1n) is 5.99. The largest absolute Gasteiger partial charge is 0.480 e. The molecule has 104 valence electrons. The van der Waals surface area contributed by atoms with Gasteiger partial charge in [0.2, 0.25) is 0 Å². The smallest absolute Gasteiger partial charge is 0.320 e. The second kappa shape index (κ2) is 6.99. The Labute approximate surface area is 110 Å². The molecule has 0 aromatic heterocycles. The summed E-state index contributed by atoms with van der Waals surface area (Å²) in [5.74, 6) is -2.24. The zero-order valence-electron chi connectivity index (χ0n) is 10.9. The first kappa shape index (κ1) is 15.3. The van der Waals surface area contributed by atoms with Crippen molar-refractivity contribution < 1.29 is 18.7 Å². The van der Waals surface area contributed by atoms with Gasteiger partial charge in [0, 0.05) is 18.2 Å². The van der Waals surface area contributed by atoms with E-state index < -0.39 is 23.6 Å². The number of halogens is 2. The molecule has 0 radical (unpaired) electrons. The van der Waals surface area contributed by atoms with Crippen LogP contribution in [0.4, 0.5) is 8.78 Å². The number of benzene rings is 1. The zero-order chi connectivity index (χ0) is 14.4. The number of aliphatic carboxylic acids is 1. The Bertz CT molecular complexity index is 473. The average molecular weight is 269 g/mol. The number of nitrogens with one attached hydrogen (secondary N) is 1. The first-order chi connectivity index (χ1) is 8.91. The highest BCUT2D eigenvalue weighted by atomic mass is 19.1. The van der Waals surface area contributed by atoms with E-state index >= 15 is 0 Å². The molecule has 0 heterocycles. The average Bonchev–Trinajstić information content (AvgIpc) is 2.30. The van der Waals surface area contributed by atoms with Crippen molar-refractivity contribution in [2.75, 3.05) is 6.54 Å². The number of carboxylic acids is 1. The van der Waals surface area contributed by atoms with E-state index in [-0.39, 0.29) is 11.5 Å². The summed E-state index contributed by atoms with van der Waals surface area (Å²) in [5.41, 5.74) is 0.264. The van der Waals surface area contributed by atoms with E-state index in [1.165, 1.54) is 18.2 Å². The van der Waals surface area contributed by atoms with Gasteiger partial charge < -0.3 is 10.4 Å². The van der Waals surface area contributed by atoms with Gasteiger partial charge in [0.05, 0.1) is 0 Å². The summed E-state index contributed by atoms with van der Waals surface area (Å²) >= 11 is 0. The third-order valence-corrected chi connectivity index (χ3v) is 2.65. The quantitative estimate of drug-likeness (QED) is 0.834. The summed E-state index contributed by atoms with van der Waals surface area (Å²) in [6.07, 6.45) is 3.09. The maximum Gasteiger partial charge on any atom is 0.320 e. The molecule has 0 spiro atoms. The lowest BCUT2D eigenvalue weighted by Gasteiger charge is -2.16. The SMILES string of the molecule is CC(C)[C@@H](NC/C=C/c1ccc(F)cc1F)C(=O)O. The lowest BCUT2D eigenvalue weighted by Crippen LogP contribution is -2.40. The van der Waals surface area contributed by atoms with Crippen molar-refractivity contribution in [3.05, 3.63) is 41.5 Å². The first-order valence-corrected chi connectivity index (χ1v) is 5.99. The van der Waals surface area contributed by atoms with Crippen LogP contribution >= 0.6 is 0 Å². The molecule has 1 aromatic carbocycles. The Balaban J connectivity index is 2.56. The van der Waals surface area contributed by atoms with Crippen molar-refractivity contribution in [2.24, 2.45) is 5.92 Å². The Hall–Kier alpha value is -1.75. The van der Waals surface area contributed by atoms with Gasteiger partial charge in [-0.3, -0.25) is 4.79 Å². The van der Waals surface area contributed by atoms with Gasteiger partial charge in [-0.1, -0.05) is 26.0 Å². The van der Waals surface area contributed by atoms with Gasteiger partial charge >= 0.3 is 5.97 Å². The maximum absolute atomic E-state index is 13.3. The van der Waals surface area contributed by atoms with Crippen LogP contribution < -0.4 is 5.32 Å². The molecule has 0 aliphatic rings. The molecular formula is C14H17F2NO2. The minimum absolute atomic E-state index is 0.0477. The molecule has 0 aliphatic carbocycles.